The van der Waals surface area contributed by atoms with E-state index in [9.17, 15) is 0 Å². The van der Waals surface area contributed by atoms with Gasteiger partial charge >= 0.3 is 0 Å². The topological polar surface area (TPSA) is 12.4 Å². The van der Waals surface area contributed by atoms with E-state index in [1.54, 1.807) is 0 Å². The zero-order valence-corrected chi connectivity index (χ0v) is 14.0. The van der Waals surface area contributed by atoms with Gasteiger partial charge in [-0.3, -0.25) is 0 Å². The molecule has 0 saturated heterocycles. The molecule has 0 N–H and O–H groups in total. The van der Waals surface area contributed by atoms with Crippen molar-refractivity contribution in [3.8, 4) is 0 Å². The quantitative estimate of drug-likeness (QED) is 0.493. The summed E-state index contributed by atoms with van der Waals surface area (Å²) in [6.07, 6.45) is 0. The van der Waals surface area contributed by atoms with Crippen LogP contribution >= 0.6 is 55.6 Å². The van der Waals surface area contributed by atoms with Crippen molar-refractivity contribution in [2.75, 3.05) is 0 Å². The summed E-state index contributed by atoms with van der Waals surface area (Å²) in [5.74, 6) is 0. The van der Waals surface area contributed by atoms with E-state index in [4.69, 9.17) is 0 Å². The first-order valence-corrected chi connectivity index (χ1v) is 9.52. The lowest BCUT2D eigenvalue weighted by molar-refractivity contribution is 1.24. The highest BCUT2D eigenvalue weighted by atomic mass is 79.9. The van der Waals surface area contributed by atoms with Crippen molar-refractivity contribution in [1.82, 2.24) is 0 Å². The Morgan fingerprint density at radius 1 is 0.941 bits per heavy atom. The number of benzene rings is 2. The molecule has 0 aliphatic carbocycles. The van der Waals surface area contributed by atoms with Gasteiger partial charge in [0.05, 0.1) is 11.0 Å². The normalized spacial score (nSPS) is 17.0. The van der Waals surface area contributed by atoms with Crippen LogP contribution in [-0.2, 0) is 0 Å². The van der Waals surface area contributed by atoms with Crippen molar-refractivity contribution in [1.29, 1.82) is 0 Å². The van der Waals surface area contributed by atoms with Crippen LogP contribution in [0.3, 0.4) is 0 Å². The Balaban J connectivity index is 2.44. The molecule has 0 amide bonds. The Morgan fingerprint density at radius 3 is 2.47 bits per heavy atom. The molecule has 1 nitrogen and oxygen atoms in total. The lowest BCUT2D eigenvalue weighted by Crippen LogP contribution is -2.04. The van der Waals surface area contributed by atoms with E-state index in [0.29, 0.717) is 0 Å². The molecular formula is C12H6Br3NS. The fourth-order valence-corrected chi connectivity index (χ4v) is 5.57. The Bertz CT molecular complexity index is 740. The largest absolute Gasteiger partial charge is 0.247 e. The molecule has 0 bridgehead atoms. The second-order valence-electron chi connectivity index (χ2n) is 3.59. The van der Waals surface area contributed by atoms with Gasteiger partial charge in [-0.25, -0.2) is 4.99 Å². The van der Waals surface area contributed by atoms with Gasteiger partial charge < -0.3 is 0 Å². The van der Waals surface area contributed by atoms with E-state index in [2.05, 4.69) is 63.8 Å². The van der Waals surface area contributed by atoms with Crippen LogP contribution in [0.15, 0.2) is 55.2 Å². The van der Waals surface area contributed by atoms with E-state index < -0.39 is 0 Å². The van der Waals surface area contributed by atoms with Crippen LogP contribution in [-0.4, -0.2) is 0 Å². The molecule has 17 heavy (non-hydrogen) atoms. The fourth-order valence-electron chi connectivity index (χ4n) is 1.70. The van der Waals surface area contributed by atoms with E-state index in [-0.39, 0.29) is 8.92 Å². The predicted octanol–water partition coefficient (Wildman–Crippen LogP) is 5.37. The van der Waals surface area contributed by atoms with Gasteiger partial charge in [0.2, 0.25) is 0 Å². The van der Waals surface area contributed by atoms with Crippen molar-refractivity contribution in [3.05, 3.63) is 55.2 Å². The van der Waals surface area contributed by atoms with Gasteiger partial charge in [-0.05, 0) is 51.2 Å². The molecule has 86 valence electrons. The summed E-state index contributed by atoms with van der Waals surface area (Å²) in [6.45, 7) is 0. The van der Waals surface area contributed by atoms with Gasteiger partial charge in [-0.1, -0.05) is 40.8 Å². The summed E-state index contributed by atoms with van der Waals surface area (Å²) >= 11 is 10.8. The van der Waals surface area contributed by atoms with Crippen molar-refractivity contribution in [2.24, 2.45) is 4.99 Å². The van der Waals surface area contributed by atoms with Gasteiger partial charge in [-0.15, -0.1) is 0 Å². The van der Waals surface area contributed by atoms with Crippen molar-refractivity contribution >= 4 is 61.3 Å². The summed E-state index contributed by atoms with van der Waals surface area (Å²) in [6, 6.07) is 12.4. The minimum absolute atomic E-state index is 0.102. The van der Waals surface area contributed by atoms with Crippen LogP contribution in [0.4, 0.5) is 5.69 Å². The van der Waals surface area contributed by atoms with E-state index in [1.165, 1.54) is 9.41 Å². The van der Waals surface area contributed by atoms with E-state index >= 15 is 0 Å². The highest BCUT2D eigenvalue weighted by Gasteiger charge is 2.11. The molecule has 1 atom stereocenters. The van der Waals surface area contributed by atoms with Crippen molar-refractivity contribution in [3.63, 3.8) is 0 Å². The third-order valence-electron chi connectivity index (χ3n) is 2.47. The average Bonchev–Trinajstić information content (AvgIpc) is 2.32. The smallest absolute Gasteiger partial charge is 0.0777 e. The third kappa shape index (κ3) is 2.18. The molecule has 0 spiro atoms. The minimum atomic E-state index is -0.102. The summed E-state index contributed by atoms with van der Waals surface area (Å²) in [7, 11) is -0.102. The minimum Gasteiger partial charge on any atom is -0.247 e. The Morgan fingerprint density at radius 2 is 1.65 bits per heavy atom. The highest BCUT2D eigenvalue weighted by molar-refractivity contribution is 9.52. The lowest BCUT2D eigenvalue weighted by Gasteiger charge is -2.11. The van der Waals surface area contributed by atoms with Crippen LogP contribution in [0.2, 0.25) is 0 Å². The first kappa shape index (κ1) is 12.1. The zero-order chi connectivity index (χ0) is 12.0. The Hall–Kier alpha value is 0.0300. The standard InChI is InChI=1S/C12H6Br3NS/c13-7-1-3-9-11(5-7)17(15)12-6-8(14)2-4-10(12)16-9/h1-6H. The molecule has 0 aromatic heterocycles. The average molecular weight is 436 g/mol. The van der Waals surface area contributed by atoms with Crippen LogP contribution in [0.1, 0.15) is 0 Å². The summed E-state index contributed by atoms with van der Waals surface area (Å²) in [5.41, 5.74) is 1.04. The lowest BCUT2D eigenvalue weighted by atomic mass is 10.3. The number of nitrogens with zero attached hydrogens (tertiary/aromatic N) is 1. The third-order valence-corrected chi connectivity index (χ3v) is 6.98. The number of halogens is 3. The number of hydrogen-bond acceptors (Lipinski definition) is 1. The summed E-state index contributed by atoms with van der Waals surface area (Å²) in [5, 5.41) is 1.04. The van der Waals surface area contributed by atoms with Gasteiger partial charge in [0, 0.05) is 18.4 Å². The molecule has 0 radical (unpaired) electrons. The maximum absolute atomic E-state index is 4.68. The van der Waals surface area contributed by atoms with Crippen LogP contribution in [0.25, 0.3) is 0 Å². The molecule has 2 aromatic rings. The predicted molar refractivity (Wildman–Crippen MR) is 82.7 cm³/mol. The monoisotopic (exact) mass is 433 g/mol. The molecule has 1 unspecified atom stereocenters. The SMILES string of the molecule is Brc1ccc2c(c1)S(Br)=c1cc(Br)ccc1=N2. The molecular weight excluding hydrogens is 430 g/mol. The maximum atomic E-state index is 4.68. The molecule has 1 aliphatic heterocycles. The Labute approximate surface area is 125 Å². The highest BCUT2D eigenvalue weighted by Crippen LogP contribution is 2.44. The second-order valence-corrected chi connectivity index (χ2v) is 8.76. The first-order chi connectivity index (χ1) is 8.15. The molecule has 1 heterocycles. The zero-order valence-electron chi connectivity index (χ0n) is 8.45. The molecule has 0 fully saturated rings. The molecule has 5 heteroatoms. The second kappa shape index (κ2) is 4.61. The van der Waals surface area contributed by atoms with Crippen LogP contribution in [0, 0.1) is 4.51 Å². The summed E-state index contributed by atoms with van der Waals surface area (Å²) < 4.78 is 3.40. The Kier molecular flexibility index (Phi) is 3.28. The first-order valence-electron chi connectivity index (χ1n) is 4.86. The molecule has 2 aromatic carbocycles. The van der Waals surface area contributed by atoms with E-state index in [0.717, 1.165) is 20.0 Å². The van der Waals surface area contributed by atoms with Crippen LogP contribution < -0.4 is 5.36 Å². The van der Waals surface area contributed by atoms with Gasteiger partial charge in [0.15, 0.2) is 0 Å². The van der Waals surface area contributed by atoms with Crippen LogP contribution in [0.5, 0.6) is 0 Å². The van der Waals surface area contributed by atoms with Crippen molar-refractivity contribution < 1.29 is 0 Å². The number of fused-ring (bicyclic) bond motifs is 2. The fraction of sp³-hybridized carbons (Fsp3) is 0. The summed E-state index contributed by atoms with van der Waals surface area (Å²) in [4.78, 5) is 5.90. The molecule has 0 saturated carbocycles. The van der Waals surface area contributed by atoms with Gasteiger partial charge in [0.1, 0.15) is 0 Å². The maximum Gasteiger partial charge on any atom is 0.0777 e. The molecule has 3 rings (SSSR count). The van der Waals surface area contributed by atoms with E-state index in [1.807, 2.05) is 24.3 Å². The van der Waals surface area contributed by atoms with Gasteiger partial charge in [0.25, 0.3) is 0 Å². The molecule has 1 aliphatic rings. The van der Waals surface area contributed by atoms with Crippen molar-refractivity contribution in [2.45, 2.75) is 4.90 Å². The number of hydrogen-bond donors (Lipinski definition) is 0. The number of rotatable bonds is 0. The van der Waals surface area contributed by atoms with Gasteiger partial charge in [-0.2, -0.15) is 0 Å².